The monoisotopic (exact) mass is 320 g/mol. The van der Waals surface area contributed by atoms with Crippen molar-refractivity contribution in [2.45, 2.75) is 18.4 Å². The minimum atomic E-state index is -3.18. The van der Waals surface area contributed by atoms with E-state index in [4.69, 9.17) is 5.73 Å². The van der Waals surface area contributed by atoms with Gasteiger partial charge in [0, 0.05) is 32.3 Å². The van der Waals surface area contributed by atoms with Crippen molar-refractivity contribution in [2.75, 3.05) is 19.8 Å². The third-order valence-corrected chi connectivity index (χ3v) is 4.05. The fraction of sp³-hybridized carbons (Fsp3) is 0.462. The van der Waals surface area contributed by atoms with Crippen molar-refractivity contribution in [1.82, 2.24) is 4.90 Å². The zero-order valence-electron chi connectivity index (χ0n) is 11.9. The molecule has 1 rings (SSSR count). The number of carbonyl (C=O) groups excluding carboxylic acids is 1. The van der Waals surface area contributed by atoms with Gasteiger partial charge in [0.2, 0.25) is 5.91 Å². The SMILES string of the molecule is CC(CN)C(=O)N(C)Cc1ccc(S(C)(=O)=O)cc1.Cl. The molecule has 2 N–H and O–H groups in total. The first kappa shape index (κ1) is 18.9. The molecule has 0 aliphatic heterocycles. The molecule has 1 atom stereocenters. The summed E-state index contributed by atoms with van der Waals surface area (Å²) in [6, 6.07) is 6.53. The van der Waals surface area contributed by atoms with E-state index in [1.807, 2.05) is 0 Å². The van der Waals surface area contributed by atoms with Gasteiger partial charge < -0.3 is 10.6 Å². The highest BCUT2D eigenvalue weighted by Crippen LogP contribution is 2.12. The van der Waals surface area contributed by atoms with Crippen LogP contribution in [0.25, 0.3) is 0 Å². The van der Waals surface area contributed by atoms with Crippen molar-refractivity contribution in [3.05, 3.63) is 29.8 Å². The van der Waals surface area contributed by atoms with Crippen LogP contribution in [0.4, 0.5) is 0 Å². The van der Waals surface area contributed by atoms with Crippen molar-refractivity contribution < 1.29 is 13.2 Å². The number of nitrogens with zero attached hydrogens (tertiary/aromatic N) is 1. The average molecular weight is 321 g/mol. The van der Waals surface area contributed by atoms with Gasteiger partial charge in [0.25, 0.3) is 0 Å². The lowest BCUT2D eigenvalue weighted by atomic mass is 10.1. The maximum atomic E-state index is 11.9. The smallest absolute Gasteiger partial charge is 0.226 e. The Morgan fingerprint density at radius 1 is 1.30 bits per heavy atom. The topological polar surface area (TPSA) is 80.5 Å². The summed E-state index contributed by atoms with van der Waals surface area (Å²) in [5.74, 6) is -0.227. The van der Waals surface area contributed by atoms with E-state index in [-0.39, 0.29) is 29.1 Å². The molecule has 0 aromatic heterocycles. The van der Waals surface area contributed by atoms with Crippen LogP contribution in [0.15, 0.2) is 29.2 Å². The summed E-state index contributed by atoms with van der Waals surface area (Å²) in [7, 11) is -1.47. The lowest BCUT2D eigenvalue weighted by molar-refractivity contribution is -0.133. The zero-order valence-corrected chi connectivity index (χ0v) is 13.5. The molecule has 20 heavy (non-hydrogen) atoms. The number of sulfone groups is 1. The largest absolute Gasteiger partial charge is 0.341 e. The molecule has 0 aliphatic rings. The summed E-state index contributed by atoms with van der Waals surface area (Å²) in [5, 5.41) is 0. The lowest BCUT2D eigenvalue weighted by Gasteiger charge is -2.20. The first-order chi connectivity index (χ1) is 8.75. The average Bonchev–Trinajstić information content (AvgIpc) is 2.36. The fourth-order valence-electron chi connectivity index (χ4n) is 1.67. The van der Waals surface area contributed by atoms with Crippen molar-refractivity contribution in [3.8, 4) is 0 Å². The van der Waals surface area contributed by atoms with Gasteiger partial charge in [-0.2, -0.15) is 0 Å². The van der Waals surface area contributed by atoms with E-state index in [0.717, 1.165) is 5.56 Å². The number of hydrogen-bond acceptors (Lipinski definition) is 4. The number of benzene rings is 1. The molecule has 1 aromatic rings. The number of halogens is 1. The normalized spacial score (nSPS) is 12.4. The Hall–Kier alpha value is -1.11. The predicted molar refractivity (Wildman–Crippen MR) is 81.5 cm³/mol. The van der Waals surface area contributed by atoms with Crippen LogP contribution in [0.1, 0.15) is 12.5 Å². The Morgan fingerprint density at radius 3 is 2.20 bits per heavy atom. The van der Waals surface area contributed by atoms with E-state index >= 15 is 0 Å². The Kier molecular flexibility index (Phi) is 7.19. The van der Waals surface area contributed by atoms with E-state index < -0.39 is 9.84 Å². The molecule has 7 heteroatoms. The molecule has 1 amide bonds. The Labute approximate surface area is 126 Å². The van der Waals surface area contributed by atoms with Gasteiger partial charge in [-0.1, -0.05) is 19.1 Å². The molecule has 0 fully saturated rings. The standard InChI is InChI=1S/C13H20N2O3S.ClH/c1-10(8-14)13(16)15(2)9-11-4-6-12(7-5-11)19(3,17)18;/h4-7,10H,8-9,14H2,1-3H3;1H. The summed E-state index contributed by atoms with van der Waals surface area (Å²) in [5.41, 5.74) is 6.34. The lowest BCUT2D eigenvalue weighted by Crippen LogP contribution is -2.34. The highest BCUT2D eigenvalue weighted by Gasteiger charge is 2.16. The quantitative estimate of drug-likeness (QED) is 0.880. The second-order valence-electron chi connectivity index (χ2n) is 4.75. The predicted octanol–water partition coefficient (Wildman–Crippen LogP) is 1.07. The van der Waals surface area contributed by atoms with Crippen LogP contribution in [0, 0.1) is 5.92 Å². The second-order valence-corrected chi connectivity index (χ2v) is 6.76. The zero-order chi connectivity index (χ0) is 14.6. The Morgan fingerprint density at radius 2 is 1.80 bits per heavy atom. The van der Waals surface area contributed by atoms with Crippen molar-refractivity contribution in [1.29, 1.82) is 0 Å². The molecule has 0 bridgehead atoms. The first-order valence-corrected chi connectivity index (χ1v) is 7.89. The summed E-state index contributed by atoms with van der Waals surface area (Å²) in [6.07, 6.45) is 1.17. The van der Waals surface area contributed by atoms with Gasteiger partial charge in [0.05, 0.1) is 4.90 Å². The van der Waals surface area contributed by atoms with Gasteiger partial charge >= 0.3 is 0 Å². The molecule has 114 valence electrons. The van der Waals surface area contributed by atoms with Crippen molar-refractivity contribution in [2.24, 2.45) is 11.7 Å². The van der Waals surface area contributed by atoms with Crippen molar-refractivity contribution in [3.63, 3.8) is 0 Å². The molecule has 0 spiro atoms. The van der Waals surface area contributed by atoms with Gasteiger partial charge in [-0.05, 0) is 17.7 Å². The van der Waals surface area contributed by atoms with Crippen LogP contribution >= 0.6 is 12.4 Å². The number of amides is 1. The molecule has 0 heterocycles. The summed E-state index contributed by atoms with van der Waals surface area (Å²) >= 11 is 0. The first-order valence-electron chi connectivity index (χ1n) is 5.99. The van der Waals surface area contributed by atoms with Gasteiger partial charge in [0.15, 0.2) is 9.84 Å². The summed E-state index contributed by atoms with van der Waals surface area (Å²) in [6.45, 7) is 2.54. The van der Waals surface area contributed by atoms with E-state index in [0.29, 0.717) is 13.1 Å². The van der Waals surface area contributed by atoms with E-state index in [1.165, 1.54) is 6.26 Å². The number of rotatable bonds is 5. The highest BCUT2D eigenvalue weighted by molar-refractivity contribution is 7.90. The maximum absolute atomic E-state index is 11.9. The van der Waals surface area contributed by atoms with Gasteiger partial charge in [-0.3, -0.25) is 4.79 Å². The summed E-state index contributed by atoms with van der Waals surface area (Å²) in [4.78, 5) is 13.7. The van der Waals surface area contributed by atoms with Crippen LogP contribution in [0.2, 0.25) is 0 Å². The van der Waals surface area contributed by atoms with E-state index in [2.05, 4.69) is 0 Å². The van der Waals surface area contributed by atoms with Gasteiger partial charge in [-0.15, -0.1) is 12.4 Å². The number of hydrogen-bond donors (Lipinski definition) is 1. The van der Waals surface area contributed by atoms with Crippen LogP contribution in [-0.2, 0) is 21.2 Å². The second kappa shape index (κ2) is 7.61. The minimum absolute atomic E-state index is 0. The van der Waals surface area contributed by atoms with Gasteiger partial charge in [-0.25, -0.2) is 8.42 Å². The molecule has 1 unspecified atom stereocenters. The van der Waals surface area contributed by atoms with E-state index in [1.54, 1.807) is 43.1 Å². The fourth-order valence-corrected chi connectivity index (χ4v) is 2.30. The minimum Gasteiger partial charge on any atom is -0.341 e. The molecule has 0 radical (unpaired) electrons. The van der Waals surface area contributed by atoms with Crippen LogP contribution in [-0.4, -0.2) is 39.1 Å². The van der Waals surface area contributed by atoms with Gasteiger partial charge in [0.1, 0.15) is 0 Å². The number of carbonyl (C=O) groups is 1. The molecule has 5 nitrogen and oxygen atoms in total. The third kappa shape index (κ3) is 5.11. The molecule has 1 aromatic carbocycles. The summed E-state index contributed by atoms with van der Waals surface area (Å²) < 4.78 is 22.6. The molecular weight excluding hydrogens is 300 g/mol. The molecule has 0 saturated heterocycles. The molecule has 0 aliphatic carbocycles. The molecule has 0 saturated carbocycles. The van der Waals surface area contributed by atoms with Crippen LogP contribution in [0.5, 0.6) is 0 Å². The van der Waals surface area contributed by atoms with Crippen molar-refractivity contribution >= 4 is 28.2 Å². The van der Waals surface area contributed by atoms with Crippen LogP contribution in [0.3, 0.4) is 0 Å². The van der Waals surface area contributed by atoms with Crippen LogP contribution < -0.4 is 5.73 Å². The Bertz CT molecular complexity index is 543. The molecular formula is C13H21ClN2O3S. The van der Waals surface area contributed by atoms with E-state index in [9.17, 15) is 13.2 Å². The number of nitrogens with two attached hydrogens (primary N) is 1. The third-order valence-electron chi connectivity index (χ3n) is 2.92. The Balaban J connectivity index is 0.00000361. The maximum Gasteiger partial charge on any atom is 0.226 e. The highest BCUT2D eigenvalue weighted by atomic mass is 35.5.